The molecule has 0 heterocycles. The Morgan fingerprint density at radius 3 is 0.976 bits per heavy atom. The number of esters is 1. The summed E-state index contributed by atoms with van der Waals surface area (Å²) in [6.07, 6.45) is 4.77. The van der Waals surface area contributed by atoms with Gasteiger partial charge in [-0.25, -0.2) is 0 Å². The molecule has 0 spiro atoms. The van der Waals surface area contributed by atoms with E-state index >= 15 is 0 Å². The van der Waals surface area contributed by atoms with Gasteiger partial charge in [0, 0.05) is 11.8 Å². The number of carbonyl (C=O) groups is 1. The van der Waals surface area contributed by atoms with Crippen LogP contribution in [0.1, 0.15) is 39.0 Å². The Balaban J connectivity index is 3.07. The third-order valence-corrected chi connectivity index (χ3v) is 5.62. The maximum absolute atomic E-state index is 11.5. The summed E-state index contributed by atoms with van der Waals surface area (Å²) in [7, 11) is 0. The summed E-state index contributed by atoms with van der Waals surface area (Å²) in [6, 6.07) is 0. The molecule has 42 heavy (non-hydrogen) atoms. The maximum atomic E-state index is 11.5. The molecule has 0 aliphatic carbocycles. The minimum Gasteiger partial charge on any atom is -0.463 e. The summed E-state index contributed by atoms with van der Waals surface area (Å²) in [4.78, 5) is 11.5. The van der Waals surface area contributed by atoms with Crippen molar-refractivity contribution in [1.29, 1.82) is 0 Å². The highest BCUT2D eigenvalue weighted by atomic mass is 79.9. The molecule has 0 aromatic rings. The number of alkyl halides is 1. The van der Waals surface area contributed by atoms with Crippen molar-refractivity contribution in [2.24, 2.45) is 0 Å². The van der Waals surface area contributed by atoms with E-state index in [4.69, 9.17) is 52.1 Å². The zero-order valence-electron chi connectivity index (χ0n) is 25.9. The smallest absolute Gasteiger partial charge is 0.305 e. The largest absolute Gasteiger partial charge is 0.463 e. The molecular formula is C29H57BrO12. The van der Waals surface area contributed by atoms with Crippen molar-refractivity contribution in [2.45, 2.75) is 39.0 Å². The summed E-state index contributed by atoms with van der Waals surface area (Å²) in [5.74, 6) is -0.151. The van der Waals surface area contributed by atoms with E-state index in [0.29, 0.717) is 139 Å². The zero-order chi connectivity index (χ0) is 30.4. The van der Waals surface area contributed by atoms with Gasteiger partial charge in [0.15, 0.2) is 0 Å². The quantitative estimate of drug-likeness (QED) is 0.0547. The molecule has 0 aromatic heterocycles. The van der Waals surface area contributed by atoms with Crippen LogP contribution in [0.15, 0.2) is 0 Å². The van der Waals surface area contributed by atoms with Crippen molar-refractivity contribution in [3.63, 3.8) is 0 Å². The number of hydrogen-bond acceptors (Lipinski definition) is 12. The van der Waals surface area contributed by atoms with Gasteiger partial charge < -0.3 is 52.1 Å². The number of hydrogen-bond donors (Lipinski definition) is 0. The van der Waals surface area contributed by atoms with Crippen molar-refractivity contribution < 1.29 is 56.9 Å². The van der Waals surface area contributed by atoms with Gasteiger partial charge in [-0.1, -0.05) is 42.1 Å². The van der Waals surface area contributed by atoms with Crippen LogP contribution in [-0.4, -0.2) is 150 Å². The maximum Gasteiger partial charge on any atom is 0.305 e. The Bertz CT molecular complexity index is 519. The SMILES string of the molecule is CCCCCCC(=O)OCCOCCOCCOCCOCCOCCOCCOCCOCCOCCOCCBr. The van der Waals surface area contributed by atoms with Crippen molar-refractivity contribution in [3.05, 3.63) is 0 Å². The third-order valence-electron chi connectivity index (χ3n) is 5.29. The molecular weight excluding hydrogens is 620 g/mol. The van der Waals surface area contributed by atoms with Crippen LogP contribution in [0.3, 0.4) is 0 Å². The van der Waals surface area contributed by atoms with E-state index in [1.807, 2.05) is 0 Å². The van der Waals surface area contributed by atoms with Crippen LogP contribution in [0.5, 0.6) is 0 Å². The first-order valence-electron chi connectivity index (χ1n) is 15.3. The number of ether oxygens (including phenoxy) is 11. The first-order chi connectivity index (χ1) is 20.8. The van der Waals surface area contributed by atoms with Gasteiger partial charge >= 0.3 is 5.97 Å². The molecule has 13 heteroatoms. The van der Waals surface area contributed by atoms with E-state index < -0.39 is 0 Å². The second-order valence-corrected chi connectivity index (χ2v) is 9.64. The molecule has 0 radical (unpaired) electrons. The first kappa shape index (κ1) is 41.5. The van der Waals surface area contributed by atoms with E-state index in [1.165, 1.54) is 0 Å². The topological polar surface area (TPSA) is 119 Å². The fourth-order valence-corrected chi connectivity index (χ4v) is 3.35. The molecule has 0 aliphatic rings. The Morgan fingerprint density at radius 2 is 0.690 bits per heavy atom. The van der Waals surface area contributed by atoms with Gasteiger partial charge in [-0.15, -0.1) is 0 Å². The summed E-state index contributed by atoms with van der Waals surface area (Å²) in [5.41, 5.74) is 0. The second kappa shape index (κ2) is 38.6. The van der Waals surface area contributed by atoms with E-state index in [1.54, 1.807) is 0 Å². The Kier molecular flexibility index (Phi) is 38.2. The van der Waals surface area contributed by atoms with E-state index in [9.17, 15) is 4.79 Å². The average Bonchev–Trinajstić information content (AvgIpc) is 3.00. The monoisotopic (exact) mass is 676 g/mol. The van der Waals surface area contributed by atoms with Gasteiger partial charge in [-0.2, -0.15) is 0 Å². The summed E-state index contributed by atoms with van der Waals surface area (Å²) >= 11 is 3.30. The molecule has 0 aromatic carbocycles. The van der Waals surface area contributed by atoms with Crippen LogP contribution in [0.25, 0.3) is 0 Å². The number of carbonyl (C=O) groups excluding carboxylic acids is 1. The van der Waals surface area contributed by atoms with Crippen LogP contribution in [0.2, 0.25) is 0 Å². The molecule has 0 fully saturated rings. The lowest BCUT2D eigenvalue weighted by Crippen LogP contribution is -2.15. The summed E-state index contributed by atoms with van der Waals surface area (Å²) in [5, 5.41) is 0.836. The van der Waals surface area contributed by atoms with Gasteiger partial charge in [-0.3, -0.25) is 4.79 Å². The van der Waals surface area contributed by atoms with Crippen LogP contribution in [-0.2, 0) is 56.9 Å². The molecule has 0 amide bonds. The molecule has 12 nitrogen and oxygen atoms in total. The highest BCUT2D eigenvalue weighted by molar-refractivity contribution is 9.09. The van der Waals surface area contributed by atoms with Crippen molar-refractivity contribution >= 4 is 21.9 Å². The lowest BCUT2D eigenvalue weighted by atomic mass is 10.2. The molecule has 0 saturated heterocycles. The highest BCUT2D eigenvalue weighted by Crippen LogP contribution is 2.03. The van der Waals surface area contributed by atoms with Gasteiger partial charge in [0.25, 0.3) is 0 Å². The first-order valence-corrected chi connectivity index (χ1v) is 16.4. The van der Waals surface area contributed by atoms with Crippen LogP contribution in [0, 0.1) is 0 Å². The third kappa shape index (κ3) is 37.6. The molecule has 0 atom stereocenters. The van der Waals surface area contributed by atoms with Crippen LogP contribution in [0.4, 0.5) is 0 Å². The second-order valence-electron chi connectivity index (χ2n) is 8.84. The van der Waals surface area contributed by atoms with Gasteiger partial charge in [-0.05, 0) is 6.42 Å². The lowest BCUT2D eigenvalue weighted by Gasteiger charge is -2.09. The van der Waals surface area contributed by atoms with E-state index in [-0.39, 0.29) is 12.6 Å². The number of halogens is 1. The predicted molar refractivity (Wildman–Crippen MR) is 162 cm³/mol. The predicted octanol–water partition coefficient (Wildman–Crippen LogP) is 3.06. The molecule has 0 rings (SSSR count). The van der Waals surface area contributed by atoms with Crippen LogP contribution < -0.4 is 0 Å². The van der Waals surface area contributed by atoms with Crippen molar-refractivity contribution in [1.82, 2.24) is 0 Å². The van der Waals surface area contributed by atoms with Crippen LogP contribution >= 0.6 is 15.9 Å². The molecule has 0 bridgehead atoms. The fraction of sp³-hybridized carbons (Fsp3) is 0.966. The molecule has 0 aliphatic heterocycles. The van der Waals surface area contributed by atoms with Crippen molar-refractivity contribution in [2.75, 3.05) is 144 Å². The normalized spacial score (nSPS) is 11.4. The fourth-order valence-electron chi connectivity index (χ4n) is 3.12. The summed E-state index contributed by atoms with van der Waals surface area (Å²) < 4.78 is 59.3. The standard InChI is InChI=1S/C29H57BrO12/c1-2-3-4-5-6-29(31)42-28-27-41-26-25-40-24-23-39-22-21-38-20-19-37-18-17-36-16-15-35-14-13-34-12-11-33-10-9-32-8-7-30/h2-28H2,1H3. The number of rotatable bonds is 37. The summed E-state index contributed by atoms with van der Waals surface area (Å²) in [6.45, 7) is 12.8. The van der Waals surface area contributed by atoms with E-state index in [0.717, 1.165) is 31.0 Å². The molecule has 252 valence electrons. The average molecular weight is 678 g/mol. The Labute approximate surface area is 261 Å². The molecule has 0 unspecified atom stereocenters. The van der Waals surface area contributed by atoms with E-state index in [2.05, 4.69) is 22.9 Å². The van der Waals surface area contributed by atoms with Crippen molar-refractivity contribution in [3.8, 4) is 0 Å². The lowest BCUT2D eigenvalue weighted by molar-refractivity contribution is -0.145. The Hall–Kier alpha value is -0.450. The minimum absolute atomic E-state index is 0.151. The van der Waals surface area contributed by atoms with Gasteiger partial charge in [0.05, 0.1) is 132 Å². The van der Waals surface area contributed by atoms with Gasteiger partial charge in [0.2, 0.25) is 0 Å². The minimum atomic E-state index is -0.151. The highest BCUT2D eigenvalue weighted by Gasteiger charge is 2.02. The molecule has 0 N–H and O–H groups in total. The Morgan fingerprint density at radius 1 is 0.405 bits per heavy atom. The number of unbranched alkanes of at least 4 members (excludes halogenated alkanes) is 3. The van der Waals surface area contributed by atoms with Gasteiger partial charge in [0.1, 0.15) is 6.61 Å². The molecule has 0 saturated carbocycles. The zero-order valence-corrected chi connectivity index (χ0v) is 27.5.